The summed E-state index contributed by atoms with van der Waals surface area (Å²) in [6, 6.07) is 6.97. The van der Waals surface area contributed by atoms with Crippen LogP contribution in [0.25, 0.3) is 0 Å². The highest BCUT2D eigenvalue weighted by molar-refractivity contribution is 5.95. The normalized spacial score (nSPS) is 12.1. The van der Waals surface area contributed by atoms with Gasteiger partial charge in [0.2, 0.25) is 0 Å². The molecule has 1 rings (SSSR count). The van der Waals surface area contributed by atoms with Gasteiger partial charge < -0.3 is 15.8 Å². The van der Waals surface area contributed by atoms with Gasteiger partial charge in [-0.05, 0) is 51.8 Å². The van der Waals surface area contributed by atoms with Gasteiger partial charge in [0.15, 0.2) is 0 Å². The van der Waals surface area contributed by atoms with Crippen LogP contribution in [0, 0.1) is 0 Å². The zero-order valence-electron chi connectivity index (χ0n) is 12.8. The molecule has 1 amide bonds. The topological polar surface area (TPSA) is 64.3 Å². The number of rotatable bonds is 6. The van der Waals surface area contributed by atoms with Crippen molar-refractivity contribution in [3.8, 4) is 5.75 Å². The third-order valence-electron chi connectivity index (χ3n) is 2.60. The minimum atomic E-state index is -0.288. The Morgan fingerprint density at radius 1 is 1.43 bits per heavy atom. The van der Waals surface area contributed by atoms with Crippen LogP contribution in [0.3, 0.4) is 0 Å². The highest BCUT2D eigenvalue weighted by Crippen LogP contribution is 2.15. The molecule has 0 aliphatic rings. The van der Waals surface area contributed by atoms with E-state index >= 15 is 0 Å². The number of carbonyl (C=O) groups is 1. The third kappa shape index (κ3) is 6.79. The average Bonchev–Trinajstić information content (AvgIpc) is 2.41. The first-order chi connectivity index (χ1) is 9.81. The highest BCUT2D eigenvalue weighted by Gasteiger charge is 2.15. The third-order valence-corrected chi connectivity index (χ3v) is 2.60. The molecule has 0 spiro atoms. The van der Waals surface area contributed by atoms with Gasteiger partial charge in [-0.15, -0.1) is 0 Å². The summed E-state index contributed by atoms with van der Waals surface area (Å²) < 4.78 is 17.6. The van der Waals surface area contributed by atoms with Crippen molar-refractivity contribution in [1.29, 1.82) is 0 Å². The molecule has 0 bridgehead atoms. The van der Waals surface area contributed by atoms with Crippen LogP contribution >= 0.6 is 0 Å². The average molecular weight is 294 g/mol. The van der Waals surface area contributed by atoms with Crippen molar-refractivity contribution >= 4 is 5.91 Å². The van der Waals surface area contributed by atoms with E-state index in [1.165, 1.54) is 0 Å². The van der Waals surface area contributed by atoms with E-state index in [1.807, 2.05) is 20.8 Å². The molecule has 0 radical (unpaired) electrons. The summed E-state index contributed by atoms with van der Waals surface area (Å²) in [5.74, 6) is 0.469. The number of hydrogen-bond donors (Lipinski definition) is 2. The minimum Gasteiger partial charge on any atom is -0.494 e. The maximum absolute atomic E-state index is 12.0. The molecule has 0 aliphatic heterocycles. The van der Waals surface area contributed by atoms with E-state index < -0.39 is 0 Å². The number of nitrogens with one attached hydrogen (secondary N) is 1. The number of hydrogen-bond acceptors (Lipinski definition) is 3. The fraction of sp³-hybridized carbons (Fsp3) is 0.438. The van der Waals surface area contributed by atoms with Crippen molar-refractivity contribution in [3.05, 3.63) is 41.9 Å². The van der Waals surface area contributed by atoms with Crippen LogP contribution in [0.2, 0.25) is 0 Å². The molecule has 3 N–H and O–H groups in total. The van der Waals surface area contributed by atoms with Gasteiger partial charge in [0.25, 0.3) is 5.91 Å². The molecule has 0 atom stereocenters. The van der Waals surface area contributed by atoms with Crippen LogP contribution in [-0.2, 0) is 0 Å². The summed E-state index contributed by atoms with van der Waals surface area (Å²) >= 11 is 0. The van der Waals surface area contributed by atoms with Crippen molar-refractivity contribution in [3.63, 3.8) is 0 Å². The molecule has 0 saturated heterocycles. The van der Waals surface area contributed by atoms with Gasteiger partial charge in [0.1, 0.15) is 12.1 Å². The molecule has 1 aromatic rings. The molecular weight excluding hydrogens is 271 g/mol. The molecule has 0 aliphatic carbocycles. The van der Waals surface area contributed by atoms with Crippen LogP contribution < -0.4 is 15.8 Å². The summed E-state index contributed by atoms with van der Waals surface area (Å²) in [6.45, 7) is 6.19. The molecule has 4 nitrogen and oxygen atoms in total. The molecule has 1 aromatic carbocycles. The Labute approximate surface area is 125 Å². The monoisotopic (exact) mass is 294 g/mol. The van der Waals surface area contributed by atoms with Gasteiger partial charge >= 0.3 is 0 Å². The van der Waals surface area contributed by atoms with Gasteiger partial charge in [-0.2, -0.15) is 0 Å². The first-order valence-electron chi connectivity index (χ1n) is 6.92. The zero-order valence-corrected chi connectivity index (χ0v) is 12.8. The van der Waals surface area contributed by atoms with E-state index in [9.17, 15) is 9.18 Å². The predicted molar refractivity (Wildman–Crippen MR) is 81.8 cm³/mol. The lowest BCUT2D eigenvalue weighted by molar-refractivity contribution is 0.0919. The Morgan fingerprint density at radius 2 is 2.14 bits per heavy atom. The van der Waals surface area contributed by atoms with E-state index in [2.05, 4.69) is 5.32 Å². The van der Waals surface area contributed by atoms with E-state index in [-0.39, 0.29) is 17.1 Å². The lowest BCUT2D eigenvalue weighted by Gasteiger charge is -2.20. The number of nitrogens with two attached hydrogens (primary N) is 1. The van der Waals surface area contributed by atoms with E-state index in [4.69, 9.17) is 10.5 Å². The van der Waals surface area contributed by atoms with E-state index in [0.29, 0.717) is 37.1 Å². The lowest BCUT2D eigenvalue weighted by atomic mass is 10.1. The van der Waals surface area contributed by atoms with Crippen molar-refractivity contribution in [2.75, 3.05) is 6.61 Å². The van der Waals surface area contributed by atoms with E-state index in [1.54, 1.807) is 24.3 Å². The quantitative estimate of drug-likeness (QED) is 0.792. The summed E-state index contributed by atoms with van der Waals surface area (Å²) in [5, 5.41) is 2.89. The standard InChI is InChI=1S/C16H23FN2O2/c1-16(2,3)19-15(20)12-6-4-8-14(10-12)21-9-5-7-13(18)11-17/h4,6,8,10-11H,5,7,9,18H2,1-3H3,(H,19,20). The first kappa shape index (κ1) is 17.0. The second-order valence-electron chi connectivity index (χ2n) is 5.87. The van der Waals surface area contributed by atoms with Gasteiger partial charge in [0, 0.05) is 16.8 Å². The van der Waals surface area contributed by atoms with Crippen molar-refractivity contribution in [1.82, 2.24) is 5.32 Å². The number of benzene rings is 1. The summed E-state index contributed by atoms with van der Waals surface area (Å²) in [7, 11) is 0. The van der Waals surface area contributed by atoms with Crippen LogP contribution in [0.1, 0.15) is 44.0 Å². The Kier molecular flexibility index (Phi) is 6.21. The first-order valence-corrected chi connectivity index (χ1v) is 6.92. The molecule has 116 valence electrons. The van der Waals surface area contributed by atoms with Crippen LogP contribution in [0.15, 0.2) is 36.3 Å². The van der Waals surface area contributed by atoms with Crippen LogP contribution in [-0.4, -0.2) is 18.1 Å². The second-order valence-corrected chi connectivity index (χ2v) is 5.87. The smallest absolute Gasteiger partial charge is 0.251 e. The highest BCUT2D eigenvalue weighted by atomic mass is 19.1. The number of halogens is 1. The van der Waals surface area contributed by atoms with Gasteiger partial charge in [-0.1, -0.05) is 6.07 Å². The van der Waals surface area contributed by atoms with Crippen LogP contribution in [0.4, 0.5) is 4.39 Å². The predicted octanol–water partition coefficient (Wildman–Crippen LogP) is 3.14. The molecule has 21 heavy (non-hydrogen) atoms. The fourth-order valence-electron chi connectivity index (χ4n) is 1.66. The number of amides is 1. The van der Waals surface area contributed by atoms with Gasteiger partial charge in [-0.25, -0.2) is 4.39 Å². The van der Waals surface area contributed by atoms with Crippen LogP contribution in [0.5, 0.6) is 5.75 Å². The molecule has 0 aromatic heterocycles. The van der Waals surface area contributed by atoms with Gasteiger partial charge in [-0.3, -0.25) is 4.79 Å². The Hall–Kier alpha value is -2.04. The molecule has 0 heterocycles. The molecule has 0 fully saturated rings. The number of ether oxygens (including phenoxy) is 1. The Bertz CT molecular complexity index is 507. The van der Waals surface area contributed by atoms with Crippen molar-refractivity contribution in [2.45, 2.75) is 39.2 Å². The Balaban J connectivity index is 2.54. The SMILES string of the molecule is CC(C)(C)NC(=O)c1cccc(OCCCC(N)=CF)c1. The van der Waals surface area contributed by atoms with E-state index in [0.717, 1.165) is 0 Å². The largest absolute Gasteiger partial charge is 0.494 e. The van der Waals surface area contributed by atoms with Crippen molar-refractivity contribution < 1.29 is 13.9 Å². The minimum absolute atomic E-state index is 0.141. The van der Waals surface area contributed by atoms with Gasteiger partial charge in [0.05, 0.1) is 6.61 Å². The zero-order chi connectivity index (χ0) is 15.9. The van der Waals surface area contributed by atoms with Crippen molar-refractivity contribution in [2.24, 2.45) is 5.73 Å². The molecular formula is C16H23FN2O2. The molecule has 0 saturated carbocycles. The maximum atomic E-state index is 12.0. The second kappa shape index (κ2) is 7.67. The lowest BCUT2D eigenvalue weighted by Crippen LogP contribution is -2.40. The number of allylic oxidation sites excluding steroid dienone is 1. The fourth-order valence-corrected chi connectivity index (χ4v) is 1.66. The maximum Gasteiger partial charge on any atom is 0.251 e. The summed E-state index contributed by atoms with van der Waals surface area (Å²) in [6.07, 6.45) is 1.46. The Morgan fingerprint density at radius 3 is 2.76 bits per heavy atom. The number of carbonyl (C=O) groups excluding carboxylic acids is 1. The molecule has 0 unspecified atom stereocenters. The summed E-state index contributed by atoms with van der Waals surface area (Å²) in [5.41, 5.74) is 5.82. The summed E-state index contributed by atoms with van der Waals surface area (Å²) in [4.78, 5) is 12.0. The molecule has 5 heteroatoms.